The number of hydrogen-bond donors (Lipinski definition) is 1. The van der Waals surface area contributed by atoms with E-state index >= 15 is 0 Å². The molecule has 0 aromatic heterocycles. The Balaban J connectivity index is -0.00000000957. The molecule has 0 unspecified atom stereocenters. The second-order valence-corrected chi connectivity index (χ2v) is 1.39. The molecule has 0 aromatic rings. The van der Waals surface area contributed by atoms with Gasteiger partial charge in [-0.3, -0.25) is 0 Å². The minimum absolute atomic E-state index is 0. The molecule has 0 atom stereocenters. The first-order valence-electron chi connectivity index (χ1n) is 3.55. The molecule has 0 amide bonds. The summed E-state index contributed by atoms with van der Waals surface area (Å²) in [6.07, 6.45) is 5.92. The Morgan fingerprint density at radius 1 is 1.00 bits per heavy atom. The normalized spacial score (nSPS) is 4.15. The molecular formula is C11H28ArN-. The maximum Gasteiger partial charge on any atom is 0 e. The van der Waals surface area contributed by atoms with Crippen molar-refractivity contribution in [1.82, 2.24) is 6.15 Å². The zero-order chi connectivity index (χ0) is 8.83. The molecule has 0 aliphatic heterocycles. The van der Waals surface area contributed by atoms with E-state index in [2.05, 4.69) is 40.2 Å². The topological polar surface area (TPSA) is 35.0 Å². The first-order chi connectivity index (χ1) is 4.83. The molecule has 0 heterocycles. The molecule has 0 saturated carbocycles. The third kappa shape index (κ3) is 228. The Morgan fingerprint density at radius 3 is 1.08 bits per heavy atom. The van der Waals surface area contributed by atoms with E-state index in [1.165, 1.54) is 0 Å². The summed E-state index contributed by atoms with van der Waals surface area (Å²) in [5.74, 6) is 0. The number of allylic oxidation sites excluding steroid dienone is 2. The predicted molar refractivity (Wildman–Crippen MR) is 65.1 cm³/mol. The molecule has 0 spiro atoms. The SMILES string of the molecule is C.C=C.C=CCC.C=CCC.N.[Ar].[H-]. The van der Waals surface area contributed by atoms with Crippen molar-refractivity contribution >= 4 is 0 Å². The molecule has 0 aliphatic rings. The van der Waals surface area contributed by atoms with Gasteiger partial charge in [-0.1, -0.05) is 33.4 Å². The molecule has 0 rings (SSSR count). The third-order valence-corrected chi connectivity index (χ3v) is 0.577. The zero-order valence-corrected chi connectivity index (χ0v) is 9.17. The van der Waals surface area contributed by atoms with Crippen LogP contribution in [0.2, 0.25) is 0 Å². The van der Waals surface area contributed by atoms with Crippen molar-refractivity contribution in [2.75, 3.05) is 0 Å². The maximum absolute atomic E-state index is 3.48. The monoisotopic (exact) mass is 214 g/mol. The van der Waals surface area contributed by atoms with Crippen LogP contribution < -0.4 is 6.15 Å². The van der Waals surface area contributed by atoms with Crippen molar-refractivity contribution in [2.45, 2.75) is 34.1 Å². The van der Waals surface area contributed by atoms with E-state index in [4.69, 9.17) is 0 Å². The average Bonchev–Trinajstić information content (AvgIpc) is 2.08. The fourth-order valence-corrected chi connectivity index (χ4v) is 0. The van der Waals surface area contributed by atoms with Crippen LogP contribution in [0.1, 0.15) is 35.5 Å². The minimum Gasteiger partial charge on any atom is -1.00 e. The van der Waals surface area contributed by atoms with Gasteiger partial charge in [-0.15, -0.1) is 26.3 Å². The van der Waals surface area contributed by atoms with E-state index in [9.17, 15) is 0 Å². The van der Waals surface area contributed by atoms with Crippen molar-refractivity contribution in [3.8, 4) is 0 Å². The number of hydrogen-bond acceptors (Lipinski definition) is 1. The fourth-order valence-electron chi connectivity index (χ4n) is 0. The van der Waals surface area contributed by atoms with Crippen LogP contribution in [0.5, 0.6) is 0 Å². The van der Waals surface area contributed by atoms with Crippen LogP contribution in [0, 0.1) is 37.7 Å². The van der Waals surface area contributed by atoms with Crippen LogP contribution in [0.15, 0.2) is 38.5 Å². The van der Waals surface area contributed by atoms with Crippen LogP contribution in [0.4, 0.5) is 0 Å². The summed E-state index contributed by atoms with van der Waals surface area (Å²) in [7, 11) is 0. The van der Waals surface area contributed by atoms with Gasteiger partial charge in [0.25, 0.3) is 0 Å². The van der Waals surface area contributed by atoms with Crippen molar-refractivity contribution in [1.29, 1.82) is 0 Å². The first-order valence-corrected chi connectivity index (χ1v) is 3.55. The van der Waals surface area contributed by atoms with E-state index in [0.717, 1.165) is 12.8 Å². The molecule has 86 valence electrons. The minimum atomic E-state index is 0. The second-order valence-electron chi connectivity index (χ2n) is 1.39. The van der Waals surface area contributed by atoms with E-state index in [0.29, 0.717) is 0 Å². The first kappa shape index (κ1) is 37.6. The maximum atomic E-state index is 3.48. The van der Waals surface area contributed by atoms with Crippen LogP contribution >= 0.6 is 0 Å². The molecule has 1 nitrogen and oxygen atoms in total. The average molecular weight is 214 g/mol. The molecule has 0 fully saturated rings. The van der Waals surface area contributed by atoms with Gasteiger partial charge in [-0.25, -0.2) is 0 Å². The van der Waals surface area contributed by atoms with Gasteiger partial charge in [0.05, 0.1) is 0 Å². The summed E-state index contributed by atoms with van der Waals surface area (Å²) < 4.78 is 0. The van der Waals surface area contributed by atoms with Gasteiger partial charge in [-0.2, -0.15) is 0 Å². The van der Waals surface area contributed by atoms with Gasteiger partial charge in [0.1, 0.15) is 0 Å². The van der Waals surface area contributed by atoms with E-state index in [1.807, 2.05) is 12.2 Å². The summed E-state index contributed by atoms with van der Waals surface area (Å²) in [6.45, 7) is 17.1. The van der Waals surface area contributed by atoms with Crippen LogP contribution in [0.3, 0.4) is 0 Å². The van der Waals surface area contributed by atoms with Gasteiger partial charge in [-0.05, 0) is 12.8 Å². The number of rotatable bonds is 2. The van der Waals surface area contributed by atoms with Gasteiger partial charge < -0.3 is 7.58 Å². The van der Waals surface area contributed by atoms with E-state index in [1.54, 1.807) is 0 Å². The molecule has 0 aliphatic carbocycles. The van der Waals surface area contributed by atoms with Crippen molar-refractivity contribution in [3.05, 3.63) is 38.5 Å². The van der Waals surface area contributed by atoms with Gasteiger partial charge in [0.2, 0.25) is 0 Å². The summed E-state index contributed by atoms with van der Waals surface area (Å²) in [4.78, 5) is 0. The zero-order valence-electron chi connectivity index (χ0n) is 9.46. The summed E-state index contributed by atoms with van der Waals surface area (Å²) >= 11 is 0. The molecule has 3 N–H and O–H groups in total. The molecule has 2 heteroatoms. The Kier molecular flexibility index (Phi) is 239. The smallest absolute Gasteiger partial charge is 0 e. The molecular weight excluding hydrogens is 186 g/mol. The molecule has 0 radical (unpaired) electrons. The van der Waals surface area contributed by atoms with Gasteiger partial charge in [0.15, 0.2) is 0 Å². The predicted octanol–water partition coefficient (Wildman–Crippen LogP) is 4.88. The third-order valence-electron chi connectivity index (χ3n) is 0.577. The molecule has 0 saturated heterocycles. The molecule has 0 bridgehead atoms. The van der Waals surface area contributed by atoms with E-state index in [-0.39, 0.29) is 52.7 Å². The van der Waals surface area contributed by atoms with Crippen LogP contribution in [-0.4, -0.2) is 0 Å². The quantitative estimate of drug-likeness (QED) is 0.653. The molecule has 13 heavy (non-hydrogen) atoms. The fraction of sp³-hybridized carbons (Fsp3) is 0.455. The standard InChI is InChI=1S/2C4H8.C2H4.CH4.Ar.H3N.H/c2*1-3-4-2;1-2;;;;/h2*3H,1,4H2,2H3;1-2H2;1H4;;1H3;/q;;;;;;-1. The van der Waals surface area contributed by atoms with Crippen molar-refractivity contribution < 1.29 is 39.2 Å². The van der Waals surface area contributed by atoms with Crippen molar-refractivity contribution in [2.24, 2.45) is 0 Å². The van der Waals surface area contributed by atoms with Gasteiger partial charge >= 0.3 is 0 Å². The summed E-state index contributed by atoms with van der Waals surface area (Å²) in [5, 5.41) is 0. The second kappa shape index (κ2) is 82.6. The van der Waals surface area contributed by atoms with Crippen molar-refractivity contribution in [3.63, 3.8) is 0 Å². The summed E-state index contributed by atoms with van der Waals surface area (Å²) in [5.41, 5.74) is 0. The van der Waals surface area contributed by atoms with E-state index < -0.39 is 0 Å². The summed E-state index contributed by atoms with van der Waals surface area (Å²) in [6, 6.07) is 0. The Labute approximate surface area is 117 Å². The largest absolute Gasteiger partial charge is 1.00 e. The Hall–Kier alpha value is 0.440. The molecule has 0 aromatic carbocycles. The van der Waals surface area contributed by atoms with Crippen LogP contribution in [-0.2, 0) is 0 Å². The van der Waals surface area contributed by atoms with Gasteiger partial charge in [0, 0.05) is 37.7 Å². The Morgan fingerprint density at radius 2 is 1.08 bits per heavy atom. The Bertz CT molecular complexity index is 60.3. The van der Waals surface area contributed by atoms with Crippen LogP contribution in [0.25, 0.3) is 0 Å².